The first-order chi connectivity index (χ1) is 14.4. The molecule has 0 unspecified atom stereocenters. The Morgan fingerprint density at radius 2 is 1.80 bits per heavy atom. The summed E-state index contributed by atoms with van der Waals surface area (Å²) in [6.45, 7) is 3.60. The number of aromatic nitrogens is 1. The molecule has 0 spiro atoms. The third kappa shape index (κ3) is 5.78. The maximum atomic E-state index is 12.4. The zero-order chi connectivity index (χ0) is 21.5. The fourth-order valence-corrected chi connectivity index (χ4v) is 3.31. The minimum atomic E-state index is -0.682. The standard InChI is InChI=1S/C23H23N3O3S/c1-15(24-22(27)13-6-17-4-11-20(29-3)12-5-17)23(28)26-19-9-7-18(8-10-19)21-14-30-16(2)25-21/h4-15H,1-3H3,(H,24,27)(H,26,28)/b13-6+/t15-/m0/s1. The number of thiazole rings is 1. The number of ether oxygens (including phenoxy) is 1. The summed E-state index contributed by atoms with van der Waals surface area (Å²) in [5.41, 5.74) is 3.42. The normalized spacial score (nSPS) is 11.8. The minimum Gasteiger partial charge on any atom is -0.497 e. The number of carbonyl (C=O) groups is 2. The first kappa shape index (κ1) is 21.3. The predicted molar refractivity (Wildman–Crippen MR) is 121 cm³/mol. The highest BCUT2D eigenvalue weighted by Crippen LogP contribution is 2.23. The summed E-state index contributed by atoms with van der Waals surface area (Å²) in [6, 6.07) is 14.1. The van der Waals surface area contributed by atoms with Crippen molar-refractivity contribution in [3.05, 3.63) is 70.6 Å². The number of anilines is 1. The van der Waals surface area contributed by atoms with Gasteiger partial charge >= 0.3 is 0 Å². The molecule has 0 radical (unpaired) electrons. The Morgan fingerprint density at radius 3 is 2.40 bits per heavy atom. The van der Waals surface area contributed by atoms with E-state index in [1.165, 1.54) is 6.08 Å². The molecule has 1 aromatic heterocycles. The summed E-state index contributed by atoms with van der Waals surface area (Å²) >= 11 is 1.60. The summed E-state index contributed by atoms with van der Waals surface area (Å²) in [5.74, 6) is 0.109. The Balaban J connectivity index is 1.52. The van der Waals surface area contributed by atoms with Crippen LogP contribution in [0.2, 0.25) is 0 Å². The molecule has 30 heavy (non-hydrogen) atoms. The van der Waals surface area contributed by atoms with Crippen molar-refractivity contribution in [2.75, 3.05) is 12.4 Å². The van der Waals surface area contributed by atoms with Gasteiger partial charge in [0.05, 0.1) is 17.8 Å². The van der Waals surface area contributed by atoms with Crippen LogP contribution in [0.5, 0.6) is 5.75 Å². The molecule has 2 amide bonds. The van der Waals surface area contributed by atoms with E-state index >= 15 is 0 Å². The molecule has 1 atom stereocenters. The van der Waals surface area contributed by atoms with Gasteiger partial charge in [-0.05, 0) is 49.8 Å². The van der Waals surface area contributed by atoms with Crippen LogP contribution < -0.4 is 15.4 Å². The highest BCUT2D eigenvalue weighted by molar-refractivity contribution is 7.09. The average Bonchev–Trinajstić information content (AvgIpc) is 3.19. The first-order valence-corrected chi connectivity index (χ1v) is 10.3. The molecule has 0 saturated heterocycles. The van der Waals surface area contributed by atoms with Gasteiger partial charge in [-0.25, -0.2) is 4.98 Å². The lowest BCUT2D eigenvalue weighted by atomic mass is 10.1. The van der Waals surface area contributed by atoms with Crippen LogP contribution >= 0.6 is 11.3 Å². The van der Waals surface area contributed by atoms with Crippen molar-refractivity contribution in [1.82, 2.24) is 10.3 Å². The third-order valence-electron chi connectivity index (χ3n) is 4.36. The molecule has 154 valence electrons. The van der Waals surface area contributed by atoms with Crippen molar-refractivity contribution in [3.8, 4) is 17.0 Å². The zero-order valence-electron chi connectivity index (χ0n) is 17.0. The van der Waals surface area contributed by atoms with Crippen molar-refractivity contribution in [2.24, 2.45) is 0 Å². The van der Waals surface area contributed by atoms with Crippen molar-refractivity contribution in [2.45, 2.75) is 19.9 Å². The van der Waals surface area contributed by atoms with Crippen LogP contribution in [0.25, 0.3) is 17.3 Å². The number of methoxy groups -OCH3 is 1. The number of nitrogens with zero attached hydrogens (tertiary/aromatic N) is 1. The van der Waals surface area contributed by atoms with E-state index in [2.05, 4.69) is 15.6 Å². The highest BCUT2D eigenvalue weighted by Gasteiger charge is 2.14. The fourth-order valence-electron chi connectivity index (χ4n) is 2.68. The second-order valence-electron chi connectivity index (χ2n) is 6.66. The predicted octanol–water partition coefficient (Wildman–Crippen LogP) is 4.28. The molecule has 2 aromatic carbocycles. The quantitative estimate of drug-likeness (QED) is 0.558. The maximum absolute atomic E-state index is 12.4. The molecule has 1 heterocycles. The summed E-state index contributed by atoms with van der Waals surface area (Å²) in [5, 5.41) is 8.48. The molecule has 0 aliphatic rings. The second-order valence-corrected chi connectivity index (χ2v) is 7.72. The molecule has 0 aliphatic carbocycles. The Kier molecular flexibility index (Phi) is 6.98. The van der Waals surface area contributed by atoms with Gasteiger partial charge in [-0.1, -0.05) is 24.3 Å². The third-order valence-corrected chi connectivity index (χ3v) is 5.14. The van der Waals surface area contributed by atoms with Crippen LogP contribution in [0.4, 0.5) is 5.69 Å². The summed E-state index contributed by atoms with van der Waals surface area (Å²) in [6.07, 6.45) is 3.08. The van der Waals surface area contributed by atoms with E-state index in [0.717, 1.165) is 27.6 Å². The van der Waals surface area contributed by atoms with Gasteiger partial charge in [-0.15, -0.1) is 11.3 Å². The van der Waals surface area contributed by atoms with Crippen LogP contribution in [-0.4, -0.2) is 29.9 Å². The Bertz CT molecular complexity index is 1040. The van der Waals surface area contributed by atoms with Gasteiger partial charge in [-0.2, -0.15) is 0 Å². The van der Waals surface area contributed by atoms with Gasteiger partial charge in [0, 0.05) is 22.7 Å². The van der Waals surface area contributed by atoms with Crippen molar-refractivity contribution in [3.63, 3.8) is 0 Å². The number of hydrogen-bond acceptors (Lipinski definition) is 5. The molecule has 3 aromatic rings. The lowest BCUT2D eigenvalue weighted by Crippen LogP contribution is -2.40. The second kappa shape index (κ2) is 9.84. The van der Waals surface area contributed by atoms with Crippen molar-refractivity contribution < 1.29 is 14.3 Å². The molecule has 0 fully saturated rings. The van der Waals surface area contributed by atoms with Gasteiger partial charge in [0.2, 0.25) is 11.8 Å². The molecule has 0 aliphatic heterocycles. The van der Waals surface area contributed by atoms with E-state index in [1.807, 2.05) is 60.8 Å². The zero-order valence-corrected chi connectivity index (χ0v) is 17.8. The number of nitrogens with one attached hydrogen (secondary N) is 2. The highest BCUT2D eigenvalue weighted by atomic mass is 32.1. The SMILES string of the molecule is COc1ccc(/C=C/C(=O)N[C@@H](C)C(=O)Nc2ccc(-c3csc(C)n3)cc2)cc1. The average molecular weight is 422 g/mol. The van der Waals surface area contributed by atoms with Gasteiger partial charge in [-0.3, -0.25) is 9.59 Å². The number of carbonyl (C=O) groups excluding carboxylic acids is 2. The first-order valence-electron chi connectivity index (χ1n) is 9.40. The van der Waals surface area contributed by atoms with E-state index in [0.29, 0.717) is 5.69 Å². The summed E-state index contributed by atoms with van der Waals surface area (Å²) in [4.78, 5) is 28.9. The van der Waals surface area contributed by atoms with Crippen molar-refractivity contribution >= 4 is 34.9 Å². The van der Waals surface area contributed by atoms with Crippen molar-refractivity contribution in [1.29, 1.82) is 0 Å². The molecule has 6 nitrogen and oxygen atoms in total. The monoisotopic (exact) mass is 421 g/mol. The molecule has 7 heteroatoms. The van der Waals surface area contributed by atoms with Crippen LogP contribution in [0.15, 0.2) is 60.0 Å². The lowest BCUT2D eigenvalue weighted by Gasteiger charge is -2.13. The Hall–Kier alpha value is -3.45. The maximum Gasteiger partial charge on any atom is 0.246 e. The number of rotatable bonds is 7. The largest absolute Gasteiger partial charge is 0.497 e. The Labute approximate surface area is 179 Å². The van der Waals surface area contributed by atoms with E-state index < -0.39 is 6.04 Å². The molecule has 2 N–H and O–H groups in total. The van der Waals surface area contributed by atoms with E-state index in [4.69, 9.17) is 4.74 Å². The summed E-state index contributed by atoms with van der Waals surface area (Å²) in [7, 11) is 1.60. The van der Waals surface area contributed by atoms with Gasteiger partial charge in [0.15, 0.2) is 0 Å². The van der Waals surface area contributed by atoms with Gasteiger partial charge in [0.1, 0.15) is 11.8 Å². The van der Waals surface area contributed by atoms with Gasteiger partial charge < -0.3 is 15.4 Å². The Morgan fingerprint density at radius 1 is 1.10 bits per heavy atom. The van der Waals surface area contributed by atoms with Crippen LogP contribution in [0, 0.1) is 6.92 Å². The summed E-state index contributed by atoms with van der Waals surface area (Å²) < 4.78 is 5.10. The topological polar surface area (TPSA) is 80.3 Å². The van der Waals surface area contributed by atoms with Crippen LogP contribution in [0.1, 0.15) is 17.5 Å². The van der Waals surface area contributed by atoms with Crippen LogP contribution in [-0.2, 0) is 9.59 Å². The minimum absolute atomic E-state index is 0.293. The molecule has 0 saturated carbocycles. The molecule has 0 bridgehead atoms. The van der Waals surface area contributed by atoms with E-state index in [9.17, 15) is 9.59 Å². The van der Waals surface area contributed by atoms with Crippen LogP contribution in [0.3, 0.4) is 0 Å². The number of hydrogen-bond donors (Lipinski definition) is 2. The lowest BCUT2D eigenvalue weighted by molar-refractivity contribution is -0.123. The molecular formula is C23H23N3O3S. The number of benzene rings is 2. The fraction of sp³-hybridized carbons (Fsp3) is 0.174. The number of aryl methyl sites for hydroxylation is 1. The van der Waals surface area contributed by atoms with E-state index in [-0.39, 0.29) is 11.8 Å². The van der Waals surface area contributed by atoms with Gasteiger partial charge in [0.25, 0.3) is 0 Å². The molecular weight excluding hydrogens is 398 g/mol. The smallest absolute Gasteiger partial charge is 0.246 e. The van der Waals surface area contributed by atoms with E-state index in [1.54, 1.807) is 31.4 Å². The molecule has 3 rings (SSSR count). The number of amides is 2.